The molecule has 2 aromatic rings. The Balaban J connectivity index is 1.97. The molecule has 3 unspecified atom stereocenters. The van der Waals surface area contributed by atoms with Crippen LogP contribution in [0.4, 0.5) is 4.79 Å². The number of amides is 4. The second-order valence-corrected chi connectivity index (χ2v) is 12.3. The van der Waals surface area contributed by atoms with E-state index in [1.807, 2.05) is 65.1 Å². The molecule has 0 saturated heterocycles. The molecule has 0 aromatic heterocycles. The molecule has 0 saturated carbocycles. The van der Waals surface area contributed by atoms with Gasteiger partial charge in [-0.15, -0.1) is 0 Å². The molecule has 16 nitrogen and oxygen atoms in total. The Morgan fingerprint density at radius 2 is 1.43 bits per heavy atom. The maximum absolute atomic E-state index is 13.2. The number of carboxylic acids is 3. The number of fused-ring (bicyclic) bond motifs is 1. The number of carbonyl (C=O) groups excluding carboxylic acids is 3. The lowest BCUT2D eigenvalue weighted by molar-refractivity contribution is -0.141. The normalized spacial score (nSPS) is 13.1. The number of halogens is 1. The van der Waals surface area contributed by atoms with Crippen molar-refractivity contribution in [2.24, 2.45) is 5.41 Å². The van der Waals surface area contributed by atoms with Crippen LogP contribution in [0, 0.1) is 5.41 Å². The van der Waals surface area contributed by atoms with E-state index in [0.717, 1.165) is 16.3 Å². The number of ether oxygens (including phenoxy) is 1. The van der Waals surface area contributed by atoms with Gasteiger partial charge in [-0.2, -0.15) is 0 Å². The zero-order chi connectivity index (χ0) is 36.4. The van der Waals surface area contributed by atoms with Crippen LogP contribution >= 0.6 is 22.6 Å². The minimum absolute atomic E-state index is 0.0551. The van der Waals surface area contributed by atoms with Crippen LogP contribution < -0.4 is 21.3 Å². The molecule has 0 bridgehead atoms. The van der Waals surface area contributed by atoms with E-state index in [9.17, 15) is 49.2 Å². The van der Waals surface area contributed by atoms with Crippen molar-refractivity contribution in [3.63, 3.8) is 0 Å². The Morgan fingerprint density at radius 1 is 0.796 bits per heavy atom. The number of rotatable bonds is 23. The van der Waals surface area contributed by atoms with E-state index in [1.54, 1.807) is 0 Å². The van der Waals surface area contributed by atoms with Gasteiger partial charge >= 0.3 is 23.9 Å². The first-order chi connectivity index (χ1) is 23.3. The maximum Gasteiger partial charge on any atom is 0.326 e. The monoisotopic (exact) mass is 802 g/mol. The summed E-state index contributed by atoms with van der Waals surface area (Å²) in [5.74, 6) is -5.17. The number of carbonyl (C=O) groups is 6. The fourth-order valence-electron chi connectivity index (χ4n) is 4.62. The summed E-state index contributed by atoms with van der Waals surface area (Å²) in [6, 6.07) is 8.34. The molecule has 0 heterocycles. The summed E-state index contributed by atoms with van der Waals surface area (Å²) in [7, 11) is 0. The number of benzene rings is 2. The zero-order valence-electron chi connectivity index (χ0n) is 26.7. The number of aliphatic hydroxyl groups excluding tert-OH is 2. The third-order valence-electron chi connectivity index (χ3n) is 7.57. The molecule has 2 rings (SSSR count). The summed E-state index contributed by atoms with van der Waals surface area (Å²) in [5, 5.41) is 58.3. The van der Waals surface area contributed by atoms with Gasteiger partial charge in [0.2, 0.25) is 11.8 Å². The first-order valence-electron chi connectivity index (χ1n) is 15.5. The van der Waals surface area contributed by atoms with Gasteiger partial charge in [-0.05, 0) is 42.0 Å². The lowest BCUT2D eigenvalue weighted by Gasteiger charge is -2.27. The smallest absolute Gasteiger partial charge is 0.326 e. The van der Waals surface area contributed by atoms with Gasteiger partial charge in [-0.1, -0.05) is 65.1 Å². The molecule has 9 N–H and O–H groups in total. The molecule has 0 aliphatic rings. The number of aliphatic hydroxyl groups is 2. The van der Waals surface area contributed by atoms with Crippen molar-refractivity contribution in [1.82, 2.24) is 21.3 Å². The Bertz CT molecular complexity index is 1430. The summed E-state index contributed by atoms with van der Waals surface area (Å²) >= 11 is 2.01. The quantitative estimate of drug-likeness (QED) is 0.0426. The fourth-order valence-corrected chi connectivity index (χ4v) is 5.32. The third-order valence-corrected chi connectivity index (χ3v) is 9.19. The van der Waals surface area contributed by atoms with Gasteiger partial charge in [-0.3, -0.25) is 14.4 Å². The molecule has 0 aliphatic carbocycles. The molecule has 0 radical (unpaired) electrons. The summed E-state index contributed by atoms with van der Waals surface area (Å²) in [6.45, 7) is -1.05. The van der Waals surface area contributed by atoms with Gasteiger partial charge in [0.1, 0.15) is 24.7 Å². The molecule has 4 amide bonds. The summed E-state index contributed by atoms with van der Waals surface area (Å²) < 4.78 is 5.85. The van der Waals surface area contributed by atoms with E-state index in [2.05, 4.69) is 21.3 Å². The molecule has 3 atom stereocenters. The van der Waals surface area contributed by atoms with E-state index in [1.165, 1.54) is 0 Å². The zero-order valence-corrected chi connectivity index (χ0v) is 28.9. The van der Waals surface area contributed by atoms with Crippen molar-refractivity contribution in [3.8, 4) is 0 Å². The standard InChI is InChI=1S/C32H43IN4O12/c33-16-32(17-38,18-39)19-49-15-26(40)35-25(14-20-8-9-21-5-1-2-6-22(21)13-20)28(43)34-12-4-3-7-23(29(44)45)36-31(48)37-24(30(46)47)10-11-27(41)42/h1-2,5-6,8-9,13,23-25,38-39H,3-4,7,10-12,14-19H2,(H,34,43)(H,35,40)(H,41,42)(H,44,45)(H,46,47)(H2,36,37,48). The Morgan fingerprint density at radius 3 is 2.02 bits per heavy atom. The SMILES string of the molecule is O=C(O)CCC(NC(=O)NC(CCCCNC(=O)C(Cc1ccc2ccccc2c1)NC(=O)COCC(CO)(CO)CI)C(=O)O)C(=O)O. The van der Waals surface area contributed by atoms with Crippen molar-refractivity contribution >= 4 is 69.1 Å². The molecule has 2 aromatic carbocycles. The van der Waals surface area contributed by atoms with Crippen LogP contribution in [0.3, 0.4) is 0 Å². The molecular formula is C32H43IN4O12. The van der Waals surface area contributed by atoms with E-state index >= 15 is 0 Å². The number of nitrogens with one attached hydrogen (secondary N) is 4. The highest BCUT2D eigenvalue weighted by atomic mass is 127. The summed E-state index contributed by atoms with van der Waals surface area (Å²) in [5.41, 5.74) is -0.129. The van der Waals surface area contributed by atoms with E-state index in [-0.39, 0.29) is 45.6 Å². The summed E-state index contributed by atoms with van der Waals surface area (Å²) in [6.07, 6.45) is -0.270. The average Bonchev–Trinajstić information content (AvgIpc) is 3.07. The molecular weight excluding hydrogens is 759 g/mol. The van der Waals surface area contributed by atoms with Crippen LogP contribution in [0.15, 0.2) is 42.5 Å². The van der Waals surface area contributed by atoms with Crippen LogP contribution in [0.5, 0.6) is 0 Å². The lowest BCUT2D eigenvalue weighted by Crippen LogP contribution is -2.51. The largest absolute Gasteiger partial charge is 0.481 e. The minimum atomic E-state index is -1.53. The van der Waals surface area contributed by atoms with Gasteiger partial charge in [-0.25, -0.2) is 14.4 Å². The van der Waals surface area contributed by atoms with Gasteiger partial charge in [0.05, 0.1) is 19.8 Å². The van der Waals surface area contributed by atoms with Gasteiger partial charge < -0.3 is 51.5 Å². The second-order valence-electron chi connectivity index (χ2n) is 11.6. The highest BCUT2D eigenvalue weighted by Crippen LogP contribution is 2.20. The predicted octanol–water partition coefficient (Wildman–Crippen LogP) is 0.647. The van der Waals surface area contributed by atoms with Crippen molar-refractivity contribution in [2.45, 2.75) is 56.7 Å². The van der Waals surface area contributed by atoms with E-state index < -0.39 is 78.7 Å². The van der Waals surface area contributed by atoms with Crippen molar-refractivity contribution in [3.05, 3.63) is 48.0 Å². The van der Waals surface area contributed by atoms with Gasteiger partial charge in [0, 0.05) is 29.2 Å². The summed E-state index contributed by atoms with van der Waals surface area (Å²) in [4.78, 5) is 72.0. The van der Waals surface area contributed by atoms with E-state index in [4.69, 9.17) is 9.84 Å². The molecule has 0 fully saturated rings. The fraction of sp³-hybridized carbons (Fsp3) is 0.500. The number of unbranched alkanes of at least 4 members (excludes halogenated alkanes) is 1. The molecule has 270 valence electrons. The van der Waals surface area contributed by atoms with Gasteiger partial charge in [0.25, 0.3) is 0 Å². The first kappa shape index (κ1) is 41.1. The van der Waals surface area contributed by atoms with Crippen LogP contribution in [-0.4, -0.2) is 117 Å². The highest BCUT2D eigenvalue weighted by Gasteiger charge is 2.29. The lowest BCUT2D eigenvalue weighted by atomic mass is 9.94. The van der Waals surface area contributed by atoms with Crippen LogP contribution in [0.25, 0.3) is 10.8 Å². The predicted molar refractivity (Wildman–Crippen MR) is 184 cm³/mol. The topological polar surface area (TPSA) is 261 Å². The number of carboxylic acid groups (broad SMARTS) is 3. The third kappa shape index (κ3) is 14.5. The van der Waals surface area contributed by atoms with Crippen molar-refractivity contribution in [1.29, 1.82) is 0 Å². The molecule has 49 heavy (non-hydrogen) atoms. The van der Waals surface area contributed by atoms with E-state index in [0.29, 0.717) is 10.8 Å². The number of hydrogen-bond acceptors (Lipinski definition) is 9. The molecule has 17 heteroatoms. The number of alkyl halides is 1. The van der Waals surface area contributed by atoms with Crippen LogP contribution in [0.1, 0.15) is 37.7 Å². The Labute approximate surface area is 296 Å². The highest BCUT2D eigenvalue weighted by molar-refractivity contribution is 14.1. The Hall–Kier alpha value is -4.07. The van der Waals surface area contributed by atoms with Crippen molar-refractivity contribution in [2.75, 3.05) is 37.4 Å². The molecule has 0 spiro atoms. The van der Waals surface area contributed by atoms with Crippen LogP contribution in [-0.2, 0) is 35.1 Å². The number of urea groups is 1. The van der Waals surface area contributed by atoms with Crippen molar-refractivity contribution < 1.29 is 59.0 Å². The number of hydrogen-bond donors (Lipinski definition) is 9. The first-order valence-corrected chi connectivity index (χ1v) is 17.0. The van der Waals surface area contributed by atoms with Crippen LogP contribution in [0.2, 0.25) is 0 Å². The number of aliphatic carboxylic acids is 3. The Kier molecular flexibility index (Phi) is 17.7. The average molecular weight is 803 g/mol. The maximum atomic E-state index is 13.2. The van der Waals surface area contributed by atoms with Gasteiger partial charge in [0.15, 0.2) is 0 Å². The molecule has 0 aliphatic heterocycles. The minimum Gasteiger partial charge on any atom is -0.481 e. The second kappa shape index (κ2) is 21.1.